The van der Waals surface area contributed by atoms with Crippen LogP contribution in [0.4, 0.5) is 5.69 Å². The van der Waals surface area contributed by atoms with E-state index >= 15 is 0 Å². The normalized spacial score (nSPS) is 17.9. The van der Waals surface area contributed by atoms with E-state index in [1.165, 1.54) is 0 Å². The number of nitrogens with two attached hydrogens (primary N) is 1. The van der Waals surface area contributed by atoms with Crippen LogP contribution < -0.4 is 11.1 Å². The molecule has 2 rings (SSSR count). The van der Waals surface area contributed by atoms with E-state index in [1.807, 2.05) is 18.4 Å². The number of carbonyl (C=O) groups is 1. The first kappa shape index (κ1) is 13.9. The number of nitrogens with one attached hydrogen (secondary N) is 1. The second-order valence-corrected chi connectivity index (χ2v) is 5.77. The molecule has 0 bridgehead atoms. The molecule has 19 heavy (non-hydrogen) atoms. The van der Waals surface area contributed by atoms with E-state index in [4.69, 9.17) is 5.73 Å². The standard InChI is InChI=1S/C14H23N3O2/c1-10(2)17-8-11(15)7-12(17)13(18)16-9-14(19)5-3-4-6-14/h7-8,10,19H,3-6,9,15H2,1-2H3,(H,16,18). The Morgan fingerprint density at radius 3 is 2.74 bits per heavy atom. The van der Waals surface area contributed by atoms with Crippen LogP contribution in [0.3, 0.4) is 0 Å². The predicted octanol–water partition coefficient (Wildman–Crippen LogP) is 1.69. The molecule has 5 nitrogen and oxygen atoms in total. The molecule has 106 valence electrons. The highest BCUT2D eigenvalue weighted by Crippen LogP contribution is 2.28. The fourth-order valence-electron chi connectivity index (χ4n) is 2.66. The molecule has 1 aromatic heterocycles. The SMILES string of the molecule is CC(C)n1cc(N)cc1C(=O)NCC1(O)CCCC1. The molecule has 0 aromatic carbocycles. The van der Waals surface area contributed by atoms with Crippen LogP contribution in [0.5, 0.6) is 0 Å². The van der Waals surface area contributed by atoms with Gasteiger partial charge in [-0.3, -0.25) is 4.79 Å². The first-order valence-corrected chi connectivity index (χ1v) is 6.89. The van der Waals surface area contributed by atoms with Gasteiger partial charge in [0.25, 0.3) is 5.91 Å². The van der Waals surface area contributed by atoms with Crippen molar-refractivity contribution in [3.05, 3.63) is 18.0 Å². The third kappa shape index (κ3) is 3.10. The lowest BCUT2D eigenvalue weighted by Crippen LogP contribution is -2.41. The third-order valence-electron chi connectivity index (χ3n) is 3.77. The van der Waals surface area contributed by atoms with E-state index in [2.05, 4.69) is 5.32 Å². The summed E-state index contributed by atoms with van der Waals surface area (Å²) in [6, 6.07) is 1.85. The molecule has 1 saturated carbocycles. The van der Waals surface area contributed by atoms with Crippen LogP contribution >= 0.6 is 0 Å². The van der Waals surface area contributed by atoms with Gasteiger partial charge in [-0.25, -0.2) is 0 Å². The molecule has 1 heterocycles. The Labute approximate surface area is 113 Å². The number of anilines is 1. The van der Waals surface area contributed by atoms with Crippen LogP contribution in [0.1, 0.15) is 56.1 Å². The maximum atomic E-state index is 12.2. The summed E-state index contributed by atoms with van der Waals surface area (Å²) in [4.78, 5) is 12.2. The Balaban J connectivity index is 2.03. The van der Waals surface area contributed by atoms with E-state index in [-0.39, 0.29) is 11.9 Å². The van der Waals surface area contributed by atoms with Crippen LogP contribution in [0, 0.1) is 0 Å². The van der Waals surface area contributed by atoms with Crippen molar-refractivity contribution in [2.75, 3.05) is 12.3 Å². The Morgan fingerprint density at radius 1 is 1.53 bits per heavy atom. The molecule has 0 atom stereocenters. The van der Waals surface area contributed by atoms with Gasteiger partial charge in [-0.1, -0.05) is 12.8 Å². The molecular weight excluding hydrogens is 242 g/mol. The average molecular weight is 265 g/mol. The molecule has 1 aliphatic rings. The fourth-order valence-corrected chi connectivity index (χ4v) is 2.66. The molecular formula is C14H23N3O2. The Hall–Kier alpha value is -1.49. The number of nitrogen functional groups attached to an aromatic ring is 1. The minimum absolute atomic E-state index is 0.174. The summed E-state index contributed by atoms with van der Waals surface area (Å²) in [6.07, 6.45) is 5.36. The summed E-state index contributed by atoms with van der Waals surface area (Å²) in [5, 5.41) is 13.0. The molecule has 1 aromatic rings. The van der Waals surface area contributed by atoms with Crippen molar-refractivity contribution in [2.45, 2.75) is 51.2 Å². The van der Waals surface area contributed by atoms with Gasteiger partial charge in [0.15, 0.2) is 0 Å². The van der Waals surface area contributed by atoms with Gasteiger partial charge in [0.05, 0.1) is 11.3 Å². The molecule has 0 aliphatic heterocycles. The Kier molecular flexibility index (Phi) is 3.85. The summed E-state index contributed by atoms with van der Waals surface area (Å²) in [6.45, 7) is 4.32. The topological polar surface area (TPSA) is 80.3 Å². The zero-order chi connectivity index (χ0) is 14.0. The van der Waals surface area contributed by atoms with Gasteiger partial charge in [0, 0.05) is 18.8 Å². The summed E-state index contributed by atoms with van der Waals surface area (Å²) >= 11 is 0. The number of hydrogen-bond acceptors (Lipinski definition) is 3. The second-order valence-electron chi connectivity index (χ2n) is 5.77. The van der Waals surface area contributed by atoms with E-state index in [9.17, 15) is 9.90 Å². The van der Waals surface area contributed by atoms with Crippen molar-refractivity contribution < 1.29 is 9.90 Å². The van der Waals surface area contributed by atoms with Crippen molar-refractivity contribution in [2.24, 2.45) is 0 Å². The first-order chi connectivity index (χ1) is 8.91. The lowest BCUT2D eigenvalue weighted by molar-refractivity contribution is 0.0447. The Morgan fingerprint density at radius 2 is 2.16 bits per heavy atom. The van der Waals surface area contributed by atoms with Crippen LogP contribution in [0.25, 0.3) is 0 Å². The number of aromatic nitrogens is 1. The highest BCUT2D eigenvalue weighted by Gasteiger charge is 2.31. The van der Waals surface area contributed by atoms with E-state index < -0.39 is 5.60 Å². The van der Waals surface area contributed by atoms with Crippen LogP contribution in [0.2, 0.25) is 0 Å². The highest BCUT2D eigenvalue weighted by molar-refractivity contribution is 5.93. The minimum atomic E-state index is -0.726. The Bertz CT molecular complexity index is 459. The zero-order valence-electron chi connectivity index (χ0n) is 11.6. The molecule has 1 amide bonds. The van der Waals surface area contributed by atoms with Crippen molar-refractivity contribution in [3.8, 4) is 0 Å². The number of hydrogen-bond donors (Lipinski definition) is 3. The number of carbonyl (C=O) groups excluding carboxylic acids is 1. The molecule has 0 saturated heterocycles. The highest BCUT2D eigenvalue weighted by atomic mass is 16.3. The van der Waals surface area contributed by atoms with Gasteiger partial charge in [-0.2, -0.15) is 0 Å². The summed E-state index contributed by atoms with van der Waals surface area (Å²) in [5.41, 5.74) is 6.16. The van der Waals surface area contributed by atoms with Gasteiger partial charge in [-0.15, -0.1) is 0 Å². The number of nitrogens with zero attached hydrogens (tertiary/aromatic N) is 1. The monoisotopic (exact) mass is 265 g/mol. The largest absolute Gasteiger partial charge is 0.397 e. The molecule has 0 radical (unpaired) electrons. The first-order valence-electron chi connectivity index (χ1n) is 6.89. The quantitative estimate of drug-likeness (QED) is 0.775. The second kappa shape index (κ2) is 5.25. The van der Waals surface area contributed by atoms with Crippen LogP contribution in [-0.4, -0.2) is 27.7 Å². The lowest BCUT2D eigenvalue weighted by atomic mass is 10.0. The number of rotatable bonds is 4. The lowest BCUT2D eigenvalue weighted by Gasteiger charge is -2.22. The van der Waals surface area contributed by atoms with Crippen molar-refractivity contribution in [1.82, 2.24) is 9.88 Å². The molecule has 1 aliphatic carbocycles. The maximum Gasteiger partial charge on any atom is 0.268 e. The van der Waals surface area contributed by atoms with E-state index in [0.29, 0.717) is 17.9 Å². The summed E-state index contributed by atoms with van der Waals surface area (Å²) in [7, 11) is 0. The smallest absolute Gasteiger partial charge is 0.268 e. The molecule has 0 unspecified atom stereocenters. The van der Waals surface area contributed by atoms with Gasteiger partial charge in [-0.05, 0) is 32.8 Å². The van der Waals surface area contributed by atoms with E-state index in [0.717, 1.165) is 25.7 Å². The summed E-state index contributed by atoms with van der Waals surface area (Å²) < 4.78 is 1.85. The minimum Gasteiger partial charge on any atom is -0.397 e. The maximum absolute atomic E-state index is 12.2. The summed E-state index contributed by atoms with van der Waals surface area (Å²) in [5.74, 6) is -0.175. The van der Waals surface area contributed by atoms with Gasteiger partial charge in [0.2, 0.25) is 0 Å². The third-order valence-corrected chi connectivity index (χ3v) is 3.77. The van der Waals surface area contributed by atoms with Crippen molar-refractivity contribution in [3.63, 3.8) is 0 Å². The van der Waals surface area contributed by atoms with Gasteiger partial charge < -0.3 is 20.7 Å². The van der Waals surface area contributed by atoms with Crippen LogP contribution in [-0.2, 0) is 0 Å². The predicted molar refractivity (Wildman–Crippen MR) is 75.0 cm³/mol. The zero-order valence-corrected chi connectivity index (χ0v) is 11.6. The number of amides is 1. The fraction of sp³-hybridized carbons (Fsp3) is 0.643. The molecule has 1 fully saturated rings. The van der Waals surface area contributed by atoms with Crippen LogP contribution in [0.15, 0.2) is 12.3 Å². The van der Waals surface area contributed by atoms with E-state index in [1.54, 1.807) is 12.3 Å². The molecule has 0 spiro atoms. The van der Waals surface area contributed by atoms with Gasteiger partial charge >= 0.3 is 0 Å². The molecule has 4 N–H and O–H groups in total. The molecule has 5 heteroatoms. The van der Waals surface area contributed by atoms with Gasteiger partial charge in [0.1, 0.15) is 5.69 Å². The van der Waals surface area contributed by atoms with Crippen molar-refractivity contribution in [1.29, 1.82) is 0 Å². The van der Waals surface area contributed by atoms with Crippen molar-refractivity contribution >= 4 is 11.6 Å². The average Bonchev–Trinajstić information content (AvgIpc) is 2.93. The number of aliphatic hydroxyl groups is 1.